The van der Waals surface area contributed by atoms with Crippen LogP contribution in [0.5, 0.6) is 0 Å². The average Bonchev–Trinajstić information content (AvgIpc) is 2.59. The number of amidine groups is 1. The van der Waals surface area contributed by atoms with E-state index in [0.717, 1.165) is 16.9 Å². The van der Waals surface area contributed by atoms with Crippen LogP contribution in [0.2, 0.25) is 0 Å². The maximum absolute atomic E-state index is 7.35. The van der Waals surface area contributed by atoms with Crippen molar-refractivity contribution in [1.82, 2.24) is 9.38 Å². The third-order valence-electron chi connectivity index (χ3n) is 2.39. The summed E-state index contributed by atoms with van der Waals surface area (Å²) >= 11 is 0. The lowest BCUT2D eigenvalue weighted by molar-refractivity contribution is 0.770. The molecule has 2 rings (SSSR count). The predicted molar refractivity (Wildman–Crippen MR) is 60.3 cm³/mol. The van der Waals surface area contributed by atoms with Crippen molar-refractivity contribution in [2.24, 2.45) is 5.73 Å². The third kappa shape index (κ3) is 1.58. The number of pyridine rings is 1. The first kappa shape index (κ1) is 9.71. The fraction of sp³-hybridized carbons (Fsp3) is 0.273. The molecule has 0 bridgehead atoms. The first-order valence-electron chi connectivity index (χ1n) is 4.91. The highest BCUT2D eigenvalue weighted by atomic mass is 15.0. The summed E-state index contributed by atoms with van der Waals surface area (Å²) in [5.41, 5.74) is 7.14. The number of nitrogens with zero attached hydrogens (tertiary/aromatic N) is 2. The molecule has 78 valence electrons. The molecule has 0 spiro atoms. The Bertz CT molecular complexity index is 510. The minimum Gasteiger partial charge on any atom is -0.384 e. The van der Waals surface area contributed by atoms with Crippen LogP contribution in [0.4, 0.5) is 0 Å². The third-order valence-corrected chi connectivity index (χ3v) is 2.39. The van der Waals surface area contributed by atoms with E-state index in [4.69, 9.17) is 11.1 Å². The molecule has 0 aliphatic rings. The number of rotatable bonds is 2. The fourth-order valence-electron chi connectivity index (χ4n) is 1.62. The molecule has 4 nitrogen and oxygen atoms in total. The van der Waals surface area contributed by atoms with Crippen LogP contribution in [0, 0.1) is 5.41 Å². The SMILES string of the molecule is CC(C)c1ncc2cc(C(=N)N)ccn12. The van der Waals surface area contributed by atoms with Gasteiger partial charge in [-0.15, -0.1) is 0 Å². The van der Waals surface area contributed by atoms with E-state index >= 15 is 0 Å². The number of nitrogens with one attached hydrogen (secondary N) is 1. The highest BCUT2D eigenvalue weighted by Gasteiger charge is 2.07. The molecular weight excluding hydrogens is 188 g/mol. The Kier molecular flexibility index (Phi) is 2.19. The van der Waals surface area contributed by atoms with Crippen molar-refractivity contribution in [3.05, 3.63) is 35.9 Å². The molecule has 0 aliphatic carbocycles. The van der Waals surface area contributed by atoms with Crippen LogP contribution in [0.3, 0.4) is 0 Å². The average molecular weight is 202 g/mol. The van der Waals surface area contributed by atoms with Gasteiger partial charge in [-0.1, -0.05) is 13.8 Å². The van der Waals surface area contributed by atoms with Crippen molar-refractivity contribution in [2.75, 3.05) is 0 Å². The molecule has 4 heteroatoms. The highest BCUT2D eigenvalue weighted by molar-refractivity contribution is 5.95. The summed E-state index contributed by atoms with van der Waals surface area (Å²) < 4.78 is 2.02. The zero-order chi connectivity index (χ0) is 11.0. The van der Waals surface area contributed by atoms with Gasteiger partial charge in [0.15, 0.2) is 0 Å². The number of aromatic nitrogens is 2. The van der Waals surface area contributed by atoms with Gasteiger partial charge in [0.25, 0.3) is 0 Å². The van der Waals surface area contributed by atoms with Crippen molar-refractivity contribution < 1.29 is 0 Å². The molecular formula is C11H14N4. The minimum absolute atomic E-state index is 0.0878. The Labute approximate surface area is 88.3 Å². The topological polar surface area (TPSA) is 67.2 Å². The molecule has 15 heavy (non-hydrogen) atoms. The van der Waals surface area contributed by atoms with Crippen molar-refractivity contribution in [1.29, 1.82) is 5.41 Å². The van der Waals surface area contributed by atoms with Crippen LogP contribution < -0.4 is 5.73 Å². The Hall–Kier alpha value is -1.84. The van der Waals surface area contributed by atoms with Gasteiger partial charge in [0, 0.05) is 17.7 Å². The van der Waals surface area contributed by atoms with Gasteiger partial charge in [-0.2, -0.15) is 0 Å². The molecule has 0 atom stereocenters. The zero-order valence-corrected chi connectivity index (χ0v) is 8.86. The van der Waals surface area contributed by atoms with Crippen LogP contribution in [0.25, 0.3) is 5.52 Å². The standard InChI is InChI=1S/C11H14N4/c1-7(2)11-14-6-9-5-8(10(12)13)3-4-15(9)11/h3-7H,1-2H3,(H3,12,13). The van der Waals surface area contributed by atoms with E-state index in [-0.39, 0.29) is 5.84 Å². The van der Waals surface area contributed by atoms with E-state index in [1.165, 1.54) is 0 Å². The maximum atomic E-state index is 7.35. The van der Waals surface area contributed by atoms with Crippen molar-refractivity contribution >= 4 is 11.4 Å². The molecule has 3 N–H and O–H groups in total. The van der Waals surface area contributed by atoms with Crippen LogP contribution in [-0.2, 0) is 0 Å². The molecule has 0 aromatic carbocycles. The van der Waals surface area contributed by atoms with Gasteiger partial charge in [-0.25, -0.2) is 4.98 Å². The highest BCUT2D eigenvalue weighted by Crippen LogP contribution is 2.16. The summed E-state index contributed by atoms with van der Waals surface area (Å²) in [6, 6.07) is 3.71. The Morgan fingerprint density at radius 1 is 1.53 bits per heavy atom. The van der Waals surface area contributed by atoms with Crippen LogP contribution in [-0.4, -0.2) is 15.2 Å². The van der Waals surface area contributed by atoms with Crippen LogP contribution in [0.1, 0.15) is 31.2 Å². The summed E-state index contributed by atoms with van der Waals surface area (Å²) in [4.78, 5) is 4.35. The van der Waals surface area contributed by atoms with E-state index in [2.05, 4.69) is 18.8 Å². The first-order chi connectivity index (χ1) is 7.09. The molecule has 2 aromatic rings. The lowest BCUT2D eigenvalue weighted by Gasteiger charge is -2.05. The van der Waals surface area contributed by atoms with Crippen LogP contribution >= 0.6 is 0 Å². The summed E-state index contributed by atoms with van der Waals surface area (Å²) in [6.45, 7) is 4.21. The van der Waals surface area contributed by atoms with Gasteiger partial charge in [0.2, 0.25) is 0 Å². The van der Waals surface area contributed by atoms with E-state index in [1.807, 2.05) is 28.9 Å². The monoisotopic (exact) mass is 202 g/mol. The van der Waals surface area contributed by atoms with Gasteiger partial charge >= 0.3 is 0 Å². The first-order valence-corrected chi connectivity index (χ1v) is 4.91. The van der Waals surface area contributed by atoms with Gasteiger partial charge in [-0.3, -0.25) is 5.41 Å². The fourth-order valence-corrected chi connectivity index (χ4v) is 1.62. The van der Waals surface area contributed by atoms with Crippen LogP contribution in [0.15, 0.2) is 24.5 Å². The van der Waals surface area contributed by atoms with Crippen molar-refractivity contribution in [2.45, 2.75) is 19.8 Å². The summed E-state index contributed by atoms with van der Waals surface area (Å²) in [5.74, 6) is 1.50. The molecule has 0 unspecified atom stereocenters. The molecule has 2 aromatic heterocycles. The van der Waals surface area contributed by atoms with Gasteiger partial charge in [0.05, 0.1) is 11.7 Å². The molecule has 2 heterocycles. The van der Waals surface area contributed by atoms with Gasteiger partial charge < -0.3 is 10.1 Å². The zero-order valence-electron chi connectivity index (χ0n) is 8.86. The molecule has 0 fully saturated rings. The number of nitrogens with two attached hydrogens (primary N) is 1. The molecule has 0 saturated heterocycles. The number of nitrogen functional groups attached to an aromatic ring is 1. The van der Waals surface area contributed by atoms with Gasteiger partial charge in [0.1, 0.15) is 11.7 Å². The Morgan fingerprint density at radius 2 is 2.27 bits per heavy atom. The second-order valence-corrected chi connectivity index (χ2v) is 3.90. The lowest BCUT2D eigenvalue weighted by atomic mass is 10.2. The maximum Gasteiger partial charge on any atom is 0.122 e. The lowest BCUT2D eigenvalue weighted by Crippen LogP contribution is -2.11. The summed E-state index contributed by atoms with van der Waals surface area (Å²) in [7, 11) is 0. The quantitative estimate of drug-likeness (QED) is 0.575. The number of hydrogen-bond acceptors (Lipinski definition) is 2. The van der Waals surface area contributed by atoms with Crippen molar-refractivity contribution in [3.8, 4) is 0 Å². The molecule has 0 radical (unpaired) electrons. The Morgan fingerprint density at radius 3 is 2.87 bits per heavy atom. The summed E-state index contributed by atoms with van der Waals surface area (Å²) in [5, 5.41) is 7.35. The predicted octanol–water partition coefficient (Wildman–Crippen LogP) is 1.74. The number of imidazole rings is 1. The second kappa shape index (κ2) is 3.38. The molecule has 0 amide bonds. The Balaban J connectivity index is 2.61. The van der Waals surface area contributed by atoms with E-state index in [1.54, 1.807) is 0 Å². The molecule has 0 aliphatic heterocycles. The van der Waals surface area contributed by atoms with E-state index in [9.17, 15) is 0 Å². The van der Waals surface area contributed by atoms with Crippen molar-refractivity contribution in [3.63, 3.8) is 0 Å². The molecule has 0 saturated carbocycles. The van der Waals surface area contributed by atoms with Gasteiger partial charge in [-0.05, 0) is 12.1 Å². The minimum atomic E-state index is 0.0878. The number of hydrogen-bond donors (Lipinski definition) is 2. The largest absolute Gasteiger partial charge is 0.384 e. The second-order valence-electron chi connectivity index (χ2n) is 3.90. The van der Waals surface area contributed by atoms with E-state index in [0.29, 0.717) is 5.92 Å². The summed E-state index contributed by atoms with van der Waals surface area (Å²) in [6.07, 6.45) is 3.72. The van der Waals surface area contributed by atoms with E-state index < -0.39 is 0 Å². The smallest absolute Gasteiger partial charge is 0.122 e. The normalized spacial score (nSPS) is 11.1. The number of fused-ring (bicyclic) bond motifs is 1.